The van der Waals surface area contributed by atoms with Gasteiger partial charge in [-0.1, -0.05) is 12.2 Å². The summed E-state index contributed by atoms with van der Waals surface area (Å²) >= 11 is 0. The van der Waals surface area contributed by atoms with Crippen LogP contribution in [0.15, 0.2) is 59.4 Å². The highest BCUT2D eigenvalue weighted by Crippen LogP contribution is 2.37. The molecule has 2 amide bonds. The van der Waals surface area contributed by atoms with E-state index in [1.807, 2.05) is 41.3 Å². The number of benzene rings is 2. The number of rotatable bonds is 14. The van der Waals surface area contributed by atoms with E-state index in [2.05, 4.69) is 15.0 Å². The van der Waals surface area contributed by atoms with Crippen LogP contribution in [0.2, 0.25) is 0 Å². The third-order valence-electron chi connectivity index (χ3n) is 8.80. The Hall–Kier alpha value is -6.22. The fourth-order valence-corrected chi connectivity index (χ4v) is 6.53. The summed E-state index contributed by atoms with van der Waals surface area (Å²) in [6.45, 7) is 6.33. The Morgan fingerprint density at radius 1 is 0.980 bits per heavy atom. The van der Waals surface area contributed by atoms with Crippen molar-refractivity contribution in [1.82, 2.24) is 33.9 Å². The van der Waals surface area contributed by atoms with Crippen LogP contribution in [0.4, 0.5) is 5.95 Å². The summed E-state index contributed by atoms with van der Waals surface area (Å²) in [5, 5.41) is 9.84. The van der Waals surface area contributed by atoms with Crippen molar-refractivity contribution in [3.05, 3.63) is 71.8 Å². The van der Waals surface area contributed by atoms with Crippen molar-refractivity contribution in [3.8, 4) is 17.3 Å². The first-order valence-corrected chi connectivity index (χ1v) is 16.6. The lowest BCUT2D eigenvalue weighted by Gasteiger charge is -2.12. The van der Waals surface area contributed by atoms with Gasteiger partial charge in [0.2, 0.25) is 17.8 Å². The first-order valence-electron chi connectivity index (χ1n) is 16.6. The number of carbonyl (C=O) groups excluding carboxylic acids is 2. The van der Waals surface area contributed by atoms with Crippen LogP contribution in [0.3, 0.4) is 0 Å². The molecule has 15 nitrogen and oxygen atoms in total. The van der Waals surface area contributed by atoms with E-state index in [4.69, 9.17) is 40.3 Å². The molecule has 0 fully saturated rings. The molecule has 51 heavy (non-hydrogen) atoms. The van der Waals surface area contributed by atoms with Gasteiger partial charge in [-0.05, 0) is 44.2 Å². The normalized spacial score (nSPS) is 11.9. The van der Waals surface area contributed by atoms with Crippen molar-refractivity contribution < 1.29 is 23.5 Å². The minimum absolute atomic E-state index is 0.318. The number of amides is 2. The molecule has 2 aromatic carbocycles. The minimum atomic E-state index is -0.569. The Morgan fingerprint density at radius 2 is 1.78 bits per heavy atom. The van der Waals surface area contributed by atoms with Gasteiger partial charge in [0.05, 0.1) is 35.2 Å². The van der Waals surface area contributed by atoms with E-state index in [-0.39, 0.29) is 0 Å². The van der Waals surface area contributed by atoms with Gasteiger partial charge in [0.15, 0.2) is 11.4 Å². The van der Waals surface area contributed by atoms with Crippen molar-refractivity contribution in [2.24, 2.45) is 11.5 Å². The average Bonchev–Trinajstić information content (AvgIpc) is 3.90. The number of nitrogens with two attached hydrogens (primary N) is 2. The molecule has 7 aromatic rings. The summed E-state index contributed by atoms with van der Waals surface area (Å²) in [6.07, 6.45) is 8.01. The number of primary amides is 2. The van der Waals surface area contributed by atoms with Crippen molar-refractivity contribution >= 4 is 61.7 Å². The van der Waals surface area contributed by atoms with E-state index >= 15 is 0 Å². The zero-order valence-corrected chi connectivity index (χ0v) is 28.8. The quantitative estimate of drug-likeness (QED) is 0.105. The van der Waals surface area contributed by atoms with E-state index in [1.54, 1.807) is 44.6 Å². The molecule has 0 aliphatic heterocycles. The van der Waals surface area contributed by atoms with Gasteiger partial charge in [-0.2, -0.15) is 5.10 Å². The number of aryl methyl sites for hydroxylation is 2. The lowest BCUT2D eigenvalue weighted by Crippen LogP contribution is -2.12. The number of nitrogens with one attached hydrogen (secondary N) is 1. The molecule has 0 aliphatic carbocycles. The van der Waals surface area contributed by atoms with E-state index in [0.29, 0.717) is 90.1 Å². The Balaban J connectivity index is 1.34. The summed E-state index contributed by atoms with van der Waals surface area (Å²) < 4.78 is 23.2. The van der Waals surface area contributed by atoms with Crippen molar-refractivity contribution in [3.63, 3.8) is 0 Å². The van der Waals surface area contributed by atoms with Crippen LogP contribution in [0.25, 0.3) is 55.5 Å². The Bertz CT molecular complexity index is 2480. The molecule has 5 heterocycles. The van der Waals surface area contributed by atoms with Gasteiger partial charge in [-0.25, -0.2) is 15.0 Å². The topological polar surface area (TPSA) is 196 Å². The summed E-state index contributed by atoms with van der Waals surface area (Å²) in [7, 11) is 3.42. The third kappa shape index (κ3) is 5.90. The predicted molar refractivity (Wildman–Crippen MR) is 194 cm³/mol. The van der Waals surface area contributed by atoms with Gasteiger partial charge in [-0.15, -0.1) is 0 Å². The monoisotopic (exact) mass is 690 g/mol. The van der Waals surface area contributed by atoms with Gasteiger partial charge in [0.1, 0.15) is 22.6 Å². The number of anilines is 1. The fourth-order valence-electron chi connectivity index (χ4n) is 6.53. The highest BCUT2D eigenvalue weighted by molar-refractivity contribution is 6.14. The molecule has 5 aromatic heterocycles. The highest BCUT2D eigenvalue weighted by atomic mass is 16.5. The van der Waals surface area contributed by atoms with E-state index < -0.39 is 11.8 Å². The molecule has 15 heteroatoms. The van der Waals surface area contributed by atoms with Crippen molar-refractivity contribution in [2.45, 2.75) is 39.9 Å². The number of aromatic nitrogens is 7. The molecule has 0 atom stereocenters. The summed E-state index contributed by atoms with van der Waals surface area (Å²) in [5.74, 6) is 0.499. The van der Waals surface area contributed by atoms with Gasteiger partial charge >= 0.3 is 0 Å². The van der Waals surface area contributed by atoms with Gasteiger partial charge < -0.3 is 39.8 Å². The molecule has 0 unspecified atom stereocenters. The largest absolute Gasteiger partial charge is 0.491 e. The summed E-state index contributed by atoms with van der Waals surface area (Å²) in [5.41, 5.74) is 17.0. The average molecular weight is 691 g/mol. The number of fused-ring (bicyclic) bond motifs is 6. The minimum Gasteiger partial charge on any atom is -0.491 e. The number of nitrogens with zero attached hydrogens (tertiary/aromatic N) is 7. The smallest absolute Gasteiger partial charge is 0.249 e. The first-order chi connectivity index (χ1) is 24.7. The molecule has 7 rings (SSSR count). The zero-order chi connectivity index (χ0) is 35.8. The predicted octanol–water partition coefficient (Wildman–Crippen LogP) is 4.78. The first kappa shape index (κ1) is 33.3. The second kappa shape index (κ2) is 13.6. The lowest BCUT2D eigenvalue weighted by atomic mass is 10.1. The maximum atomic E-state index is 12.5. The Morgan fingerprint density at radius 3 is 2.51 bits per heavy atom. The fraction of sp³-hybridized carbons (Fsp3) is 0.278. The number of ether oxygens (including phenoxy) is 2. The van der Waals surface area contributed by atoms with Crippen LogP contribution in [-0.4, -0.2) is 73.1 Å². The maximum Gasteiger partial charge on any atom is 0.249 e. The second-order valence-corrected chi connectivity index (χ2v) is 12.0. The number of imidazole rings is 1. The molecule has 5 N–H and O–H groups in total. The highest BCUT2D eigenvalue weighted by Gasteiger charge is 2.22. The zero-order valence-electron chi connectivity index (χ0n) is 28.8. The molecule has 0 aliphatic rings. The van der Waals surface area contributed by atoms with E-state index in [9.17, 15) is 9.59 Å². The Kier molecular flexibility index (Phi) is 8.87. The molecule has 0 spiro atoms. The molecule has 0 radical (unpaired) electrons. The number of furan rings is 1. The summed E-state index contributed by atoms with van der Waals surface area (Å²) in [4.78, 5) is 39.2. The molecule has 0 saturated heterocycles. The molecule has 0 saturated carbocycles. The number of methoxy groups -OCH3 is 1. The van der Waals surface area contributed by atoms with Crippen LogP contribution < -0.4 is 21.5 Å². The Labute approximate surface area is 291 Å². The molecular weight excluding hydrogens is 652 g/mol. The van der Waals surface area contributed by atoms with Gasteiger partial charge in [0.25, 0.3) is 0 Å². The van der Waals surface area contributed by atoms with E-state index in [1.165, 1.54) is 6.26 Å². The molecular formula is C36H38N10O5. The number of hydrogen-bond donors (Lipinski definition) is 3. The van der Waals surface area contributed by atoms with Crippen molar-refractivity contribution in [1.29, 1.82) is 0 Å². The van der Waals surface area contributed by atoms with E-state index in [0.717, 1.165) is 33.2 Å². The number of hydrogen-bond acceptors (Lipinski definition) is 10. The van der Waals surface area contributed by atoms with Crippen LogP contribution in [-0.2, 0) is 24.4 Å². The molecule has 262 valence electrons. The standard InChI is InChI=1S/C36H38N10O5/c1-5-46-27(15-20(2)43-46)34-40-19-25-23-16-21(32(37)47)17-28(50-13-8-12-49-4)29(23)44(35(25)42-34)10-6-7-11-45-30-26(41-36(45)39-3)18-24(33(38)48)22-9-14-51-31(22)30/h6-7,9,14-19H,5,8,10-13H2,1-4H3,(H2,37,47)(H2,38,48)(H,39,41)/b7-6+. The number of allylic oxidation sites excluding steroid dienone is 2. The van der Waals surface area contributed by atoms with Crippen LogP contribution >= 0.6 is 0 Å². The van der Waals surface area contributed by atoms with Crippen molar-refractivity contribution in [2.75, 3.05) is 32.7 Å². The van der Waals surface area contributed by atoms with Crippen LogP contribution in [0.5, 0.6) is 5.75 Å². The van der Waals surface area contributed by atoms with Gasteiger partial charge in [0, 0.05) is 74.7 Å². The van der Waals surface area contributed by atoms with Crippen LogP contribution in [0, 0.1) is 6.92 Å². The maximum absolute atomic E-state index is 12.5. The lowest BCUT2D eigenvalue weighted by molar-refractivity contribution is 0.0992. The SMILES string of the molecule is CCn1nc(C)cc1-c1ncc2c3cc(C(N)=O)cc(OCCCOC)c3n(C/C=C/Cn3c(NC)nc4cc(C(N)=O)c5ccoc5c43)c2n1. The number of carbonyl (C=O) groups is 2. The summed E-state index contributed by atoms with van der Waals surface area (Å²) in [6, 6.07) is 8.81. The van der Waals surface area contributed by atoms with Gasteiger partial charge in [-0.3, -0.25) is 14.3 Å². The second-order valence-electron chi connectivity index (χ2n) is 12.0. The molecule has 0 bridgehead atoms. The third-order valence-corrected chi connectivity index (χ3v) is 8.80. The van der Waals surface area contributed by atoms with Crippen LogP contribution in [0.1, 0.15) is 39.8 Å².